The Balaban J connectivity index is 1.71. The molecule has 3 aromatic carbocycles. The van der Waals surface area contributed by atoms with E-state index in [-0.39, 0.29) is 6.42 Å². The van der Waals surface area contributed by atoms with Crippen LogP contribution in [-0.2, 0) is 16.8 Å². The molecule has 1 atom stereocenters. The Morgan fingerprint density at radius 3 is 2.55 bits per heavy atom. The minimum atomic E-state index is -1.88. The molecule has 0 saturated carbocycles. The second kappa shape index (κ2) is 9.32. The first kappa shape index (κ1) is 22.3. The molecule has 0 aliphatic carbocycles. The third-order valence-electron chi connectivity index (χ3n) is 5.35. The number of fused-ring (bicyclic) bond motifs is 1. The van der Waals surface area contributed by atoms with E-state index in [1.165, 1.54) is 0 Å². The number of nitrogens with zero attached hydrogens (tertiary/aromatic N) is 1. The molecule has 0 spiro atoms. The standard InChI is InChI=1S/C25H20N2O5S/c1-16-22-13-19(9-12-21(22)23(28)32-27-16)26-24(29)25(30,14-17-5-3-2-4-6-17)18-7-10-20(11-8-18)31-15-33/h2-13,15,30H,14H2,1H3,(H,26,29). The highest BCUT2D eigenvalue weighted by Crippen LogP contribution is 2.30. The van der Waals surface area contributed by atoms with Crippen LogP contribution in [0.15, 0.2) is 82.1 Å². The largest absolute Gasteiger partial charge is 0.454 e. The molecule has 8 heteroatoms. The number of thiocarbonyl (C=S) groups is 1. The number of benzene rings is 3. The molecule has 0 aliphatic rings. The Morgan fingerprint density at radius 1 is 1.12 bits per heavy atom. The fraction of sp³-hybridized carbons (Fsp3) is 0.120. The Hall–Kier alpha value is -3.88. The predicted molar refractivity (Wildman–Crippen MR) is 128 cm³/mol. The van der Waals surface area contributed by atoms with Crippen LogP contribution in [0.5, 0.6) is 5.75 Å². The van der Waals surface area contributed by atoms with Gasteiger partial charge in [-0.15, -0.1) is 0 Å². The van der Waals surface area contributed by atoms with Crippen molar-refractivity contribution in [1.82, 2.24) is 5.16 Å². The molecule has 166 valence electrons. The van der Waals surface area contributed by atoms with E-state index in [2.05, 4.69) is 10.5 Å². The second-order valence-corrected chi connectivity index (χ2v) is 7.72. The first-order chi connectivity index (χ1) is 15.9. The molecule has 0 fully saturated rings. The average molecular weight is 461 g/mol. The quantitative estimate of drug-likeness (QED) is 0.403. The van der Waals surface area contributed by atoms with Gasteiger partial charge >= 0.3 is 5.63 Å². The Labute approximate surface area is 194 Å². The van der Waals surface area contributed by atoms with Crippen molar-refractivity contribution in [2.45, 2.75) is 18.9 Å². The number of hydrogen-bond donors (Lipinski definition) is 2. The normalized spacial score (nSPS) is 12.7. The highest BCUT2D eigenvalue weighted by atomic mass is 32.1. The maximum absolute atomic E-state index is 13.4. The minimum Gasteiger partial charge on any atom is -0.454 e. The number of amides is 1. The van der Waals surface area contributed by atoms with Gasteiger partial charge in [-0.2, -0.15) is 0 Å². The maximum atomic E-state index is 13.4. The van der Waals surface area contributed by atoms with Crippen LogP contribution in [0.4, 0.5) is 5.69 Å². The van der Waals surface area contributed by atoms with Crippen molar-refractivity contribution in [3.63, 3.8) is 0 Å². The smallest absolute Gasteiger partial charge is 0.366 e. The van der Waals surface area contributed by atoms with Crippen molar-refractivity contribution >= 4 is 40.1 Å². The van der Waals surface area contributed by atoms with Crippen molar-refractivity contribution < 1.29 is 19.2 Å². The van der Waals surface area contributed by atoms with E-state index < -0.39 is 17.1 Å². The van der Waals surface area contributed by atoms with Crippen molar-refractivity contribution in [2.75, 3.05) is 5.32 Å². The molecule has 1 amide bonds. The maximum Gasteiger partial charge on any atom is 0.366 e. The lowest BCUT2D eigenvalue weighted by atomic mass is 9.86. The number of aryl methyl sites for hydroxylation is 1. The number of carbonyl (C=O) groups excluding carboxylic acids is 1. The van der Waals surface area contributed by atoms with Crippen LogP contribution >= 0.6 is 12.2 Å². The van der Waals surface area contributed by atoms with Gasteiger partial charge in [0.2, 0.25) is 0 Å². The lowest BCUT2D eigenvalue weighted by molar-refractivity contribution is -0.135. The van der Waals surface area contributed by atoms with Gasteiger partial charge in [0.05, 0.1) is 11.1 Å². The fourth-order valence-corrected chi connectivity index (χ4v) is 3.72. The Morgan fingerprint density at radius 2 is 1.85 bits per heavy atom. The Kier molecular flexibility index (Phi) is 6.30. The number of aliphatic hydroxyl groups is 1. The molecule has 2 N–H and O–H groups in total. The summed E-state index contributed by atoms with van der Waals surface area (Å²) in [5.41, 5.74) is 0.785. The van der Waals surface area contributed by atoms with E-state index in [0.29, 0.717) is 33.5 Å². The van der Waals surface area contributed by atoms with Crippen molar-refractivity contribution in [3.8, 4) is 5.75 Å². The molecule has 4 aromatic rings. The SMILES string of the molecule is Cc1noc(=O)c2ccc(NC(=O)C(O)(Cc3ccccc3)c3ccc(OC=S)cc3)cc12. The van der Waals surface area contributed by atoms with Crippen LogP contribution in [0, 0.1) is 6.92 Å². The van der Waals surface area contributed by atoms with E-state index in [0.717, 1.165) is 11.1 Å². The molecule has 1 unspecified atom stereocenters. The second-order valence-electron chi connectivity index (χ2n) is 7.53. The molecule has 7 nitrogen and oxygen atoms in total. The average Bonchev–Trinajstić information content (AvgIpc) is 2.83. The van der Waals surface area contributed by atoms with E-state index in [1.54, 1.807) is 49.4 Å². The highest BCUT2D eigenvalue weighted by Gasteiger charge is 2.38. The first-order valence-electron chi connectivity index (χ1n) is 10.1. The van der Waals surface area contributed by atoms with Crippen LogP contribution in [-0.4, -0.2) is 21.7 Å². The number of ether oxygens (including phenoxy) is 1. The van der Waals surface area contributed by atoms with Gasteiger partial charge in [0.25, 0.3) is 5.91 Å². The summed E-state index contributed by atoms with van der Waals surface area (Å²) in [6.07, 6.45) is 0.0464. The van der Waals surface area contributed by atoms with Crippen molar-refractivity contribution in [1.29, 1.82) is 0 Å². The highest BCUT2D eigenvalue weighted by molar-refractivity contribution is 7.78. The number of aromatic nitrogens is 1. The van der Waals surface area contributed by atoms with Gasteiger partial charge < -0.3 is 19.7 Å². The van der Waals surface area contributed by atoms with Crippen LogP contribution in [0.3, 0.4) is 0 Å². The van der Waals surface area contributed by atoms with Crippen molar-refractivity contribution in [3.05, 3.63) is 100 Å². The number of rotatable bonds is 7. The molecule has 0 aliphatic heterocycles. The summed E-state index contributed by atoms with van der Waals surface area (Å²) >= 11 is 4.70. The third-order valence-corrected chi connectivity index (χ3v) is 5.44. The van der Waals surface area contributed by atoms with Gasteiger partial charge in [-0.1, -0.05) is 47.6 Å². The molecule has 33 heavy (non-hydrogen) atoms. The summed E-state index contributed by atoms with van der Waals surface area (Å²) in [6, 6.07) is 20.5. The van der Waals surface area contributed by atoms with Crippen LogP contribution in [0.1, 0.15) is 16.8 Å². The summed E-state index contributed by atoms with van der Waals surface area (Å²) in [5.74, 6) is -0.129. The third kappa shape index (κ3) is 4.67. The fourth-order valence-electron chi connectivity index (χ4n) is 3.61. The summed E-state index contributed by atoms with van der Waals surface area (Å²) in [5, 5.41) is 19.1. The minimum absolute atomic E-state index is 0.0464. The number of carbonyl (C=O) groups is 1. The van der Waals surface area contributed by atoms with E-state index >= 15 is 0 Å². The van der Waals surface area contributed by atoms with Gasteiger partial charge in [0, 0.05) is 17.5 Å². The summed E-state index contributed by atoms with van der Waals surface area (Å²) in [4.78, 5) is 25.3. The topological polar surface area (TPSA) is 102 Å². The monoisotopic (exact) mass is 460 g/mol. The van der Waals surface area contributed by atoms with Gasteiger partial charge in [-0.05, 0) is 60.6 Å². The van der Waals surface area contributed by atoms with Gasteiger partial charge in [0.15, 0.2) is 11.2 Å². The molecule has 0 saturated heterocycles. The Bertz CT molecular complexity index is 1370. The molecule has 1 aromatic heterocycles. The lowest BCUT2D eigenvalue weighted by Gasteiger charge is -2.28. The zero-order valence-corrected chi connectivity index (χ0v) is 18.5. The van der Waals surface area contributed by atoms with Crippen molar-refractivity contribution in [2.24, 2.45) is 0 Å². The number of hydrogen-bond acceptors (Lipinski definition) is 7. The number of nitrogens with one attached hydrogen (secondary N) is 1. The van der Waals surface area contributed by atoms with Crippen LogP contribution in [0.25, 0.3) is 10.8 Å². The van der Waals surface area contributed by atoms with Gasteiger partial charge in [-0.25, -0.2) is 4.79 Å². The predicted octanol–water partition coefficient (Wildman–Crippen LogP) is 3.90. The molecule has 0 bridgehead atoms. The van der Waals surface area contributed by atoms with Crippen LogP contribution in [0.2, 0.25) is 0 Å². The molecule has 4 rings (SSSR count). The molecule has 1 heterocycles. The summed E-state index contributed by atoms with van der Waals surface area (Å²) in [7, 11) is 0. The van der Waals surface area contributed by atoms with Gasteiger partial charge in [0.1, 0.15) is 5.75 Å². The van der Waals surface area contributed by atoms with Crippen LogP contribution < -0.4 is 15.7 Å². The number of anilines is 1. The van der Waals surface area contributed by atoms with Gasteiger partial charge in [-0.3, -0.25) is 4.79 Å². The molecular formula is C25H20N2O5S. The first-order valence-corrected chi connectivity index (χ1v) is 10.6. The zero-order valence-electron chi connectivity index (χ0n) is 17.6. The van der Waals surface area contributed by atoms with E-state index in [1.807, 2.05) is 30.3 Å². The molecule has 0 radical (unpaired) electrons. The van der Waals surface area contributed by atoms with E-state index in [9.17, 15) is 14.7 Å². The summed E-state index contributed by atoms with van der Waals surface area (Å²) in [6.45, 7) is 1.70. The summed E-state index contributed by atoms with van der Waals surface area (Å²) < 4.78 is 9.92. The van der Waals surface area contributed by atoms with E-state index in [4.69, 9.17) is 21.5 Å². The zero-order chi connectivity index (χ0) is 23.4. The lowest BCUT2D eigenvalue weighted by Crippen LogP contribution is -2.42. The molecular weight excluding hydrogens is 440 g/mol.